The smallest absolute Gasteiger partial charge is 0.258 e. The van der Waals surface area contributed by atoms with Gasteiger partial charge in [-0.15, -0.1) is 0 Å². The third-order valence-corrected chi connectivity index (χ3v) is 7.04. The minimum Gasteiger partial charge on any atom is -0.360 e. The molecule has 3 rings (SSSR count). The predicted octanol–water partition coefficient (Wildman–Crippen LogP) is 1.13. The highest BCUT2D eigenvalue weighted by Gasteiger charge is 2.35. The van der Waals surface area contributed by atoms with E-state index in [1.165, 1.54) is 8.99 Å². The highest BCUT2D eigenvalue weighted by Crippen LogP contribution is 2.25. The van der Waals surface area contributed by atoms with E-state index in [0.29, 0.717) is 17.0 Å². The lowest BCUT2D eigenvalue weighted by atomic mass is 10.2. The topological polar surface area (TPSA) is 102 Å². The van der Waals surface area contributed by atoms with Gasteiger partial charge in [0.2, 0.25) is 10.0 Å². The Morgan fingerprint density at radius 1 is 1.12 bits per heavy atom. The summed E-state index contributed by atoms with van der Waals surface area (Å²) in [6.45, 7) is 5.80. The van der Waals surface area contributed by atoms with Crippen LogP contribution in [0.15, 0.2) is 9.42 Å². The van der Waals surface area contributed by atoms with Gasteiger partial charge in [-0.2, -0.15) is 9.40 Å². The van der Waals surface area contributed by atoms with Crippen molar-refractivity contribution in [2.45, 2.75) is 25.7 Å². The van der Waals surface area contributed by atoms with Crippen molar-refractivity contribution >= 4 is 27.5 Å². The first-order chi connectivity index (χ1) is 12.1. The van der Waals surface area contributed by atoms with Crippen LogP contribution in [0.4, 0.5) is 0 Å². The van der Waals surface area contributed by atoms with Gasteiger partial charge in [0.1, 0.15) is 15.7 Å². The van der Waals surface area contributed by atoms with Gasteiger partial charge in [0.25, 0.3) is 5.91 Å². The molecule has 0 atom stereocenters. The van der Waals surface area contributed by atoms with Crippen LogP contribution in [-0.4, -0.2) is 64.6 Å². The third-order valence-electron chi connectivity index (χ3n) is 4.46. The van der Waals surface area contributed by atoms with Gasteiger partial charge in [0.05, 0.1) is 11.3 Å². The Morgan fingerprint density at radius 2 is 1.73 bits per heavy atom. The summed E-state index contributed by atoms with van der Waals surface area (Å²) in [4.78, 5) is 14.4. The van der Waals surface area contributed by atoms with Crippen LogP contribution in [0.2, 0.25) is 5.15 Å². The molecule has 0 spiro atoms. The lowest BCUT2D eigenvalue weighted by Gasteiger charge is -2.33. The van der Waals surface area contributed by atoms with Crippen molar-refractivity contribution in [1.29, 1.82) is 0 Å². The third kappa shape index (κ3) is 3.01. The average molecular weight is 402 g/mol. The van der Waals surface area contributed by atoms with Crippen molar-refractivity contribution in [3.8, 4) is 0 Å². The summed E-state index contributed by atoms with van der Waals surface area (Å²) in [6, 6.07) is 0. The van der Waals surface area contributed by atoms with E-state index in [2.05, 4.69) is 10.3 Å². The number of carbonyl (C=O) groups is 1. The molecule has 0 aromatic carbocycles. The minimum atomic E-state index is -3.71. The molecule has 0 saturated carbocycles. The van der Waals surface area contributed by atoms with E-state index in [9.17, 15) is 13.2 Å². The molecule has 2 aromatic heterocycles. The minimum absolute atomic E-state index is 0.100. The largest absolute Gasteiger partial charge is 0.360 e. The fourth-order valence-electron chi connectivity index (χ4n) is 3.13. The van der Waals surface area contributed by atoms with Crippen LogP contribution in [-0.2, 0) is 17.1 Å². The molecule has 0 unspecified atom stereocenters. The van der Waals surface area contributed by atoms with Gasteiger partial charge in [-0.05, 0) is 20.8 Å². The molecule has 9 nitrogen and oxygen atoms in total. The normalized spacial score (nSPS) is 16.3. The summed E-state index contributed by atoms with van der Waals surface area (Å²) in [5.74, 6) is 0.0220. The number of carbonyl (C=O) groups excluding carboxylic acids is 1. The molecule has 142 valence electrons. The second kappa shape index (κ2) is 6.67. The standard InChI is InChI=1S/C15H20ClN5O4S/c1-9-12(14(16)19(4)17-9)15(22)20-5-7-21(8-6-20)26(23,24)13-10(2)18-25-11(13)3/h5-8H2,1-4H3. The van der Waals surface area contributed by atoms with Crippen LogP contribution in [0.25, 0.3) is 0 Å². The first-order valence-corrected chi connectivity index (χ1v) is 9.87. The Morgan fingerprint density at radius 3 is 2.19 bits per heavy atom. The number of piperazine rings is 1. The fraction of sp³-hybridized carbons (Fsp3) is 0.533. The van der Waals surface area contributed by atoms with Gasteiger partial charge in [0.15, 0.2) is 5.76 Å². The molecule has 1 fully saturated rings. The Hall–Kier alpha value is -1.91. The van der Waals surface area contributed by atoms with E-state index in [1.807, 2.05) is 0 Å². The first kappa shape index (κ1) is 18.9. The van der Waals surface area contributed by atoms with Gasteiger partial charge < -0.3 is 9.42 Å². The molecule has 2 aromatic rings. The second-order valence-electron chi connectivity index (χ2n) is 6.22. The monoisotopic (exact) mass is 401 g/mol. The van der Waals surface area contributed by atoms with Crippen LogP contribution in [0, 0.1) is 20.8 Å². The highest BCUT2D eigenvalue weighted by atomic mass is 35.5. The molecule has 0 bridgehead atoms. The lowest BCUT2D eigenvalue weighted by molar-refractivity contribution is 0.0697. The zero-order chi connectivity index (χ0) is 19.2. The summed E-state index contributed by atoms with van der Waals surface area (Å²) < 4.78 is 33.4. The Kier molecular flexibility index (Phi) is 4.84. The average Bonchev–Trinajstić information content (AvgIpc) is 3.05. The Bertz CT molecular complexity index is 938. The maximum Gasteiger partial charge on any atom is 0.258 e. The summed E-state index contributed by atoms with van der Waals surface area (Å²) in [5, 5.41) is 8.14. The van der Waals surface area contributed by atoms with Crippen molar-refractivity contribution in [3.05, 3.63) is 27.9 Å². The maximum absolute atomic E-state index is 12.8. The van der Waals surface area contributed by atoms with E-state index in [0.717, 1.165) is 0 Å². The quantitative estimate of drug-likeness (QED) is 0.764. The van der Waals surface area contributed by atoms with Crippen molar-refractivity contribution in [2.75, 3.05) is 26.2 Å². The zero-order valence-electron chi connectivity index (χ0n) is 15.0. The number of aryl methyl sites for hydroxylation is 4. The van der Waals surface area contributed by atoms with Crippen molar-refractivity contribution in [1.82, 2.24) is 24.1 Å². The van der Waals surface area contributed by atoms with Gasteiger partial charge >= 0.3 is 0 Å². The summed E-state index contributed by atoms with van der Waals surface area (Å²) in [6.07, 6.45) is 0. The van der Waals surface area contributed by atoms with Gasteiger partial charge in [-0.1, -0.05) is 16.8 Å². The molecular formula is C15H20ClN5O4S. The van der Waals surface area contributed by atoms with Gasteiger partial charge in [-0.3, -0.25) is 9.48 Å². The zero-order valence-corrected chi connectivity index (χ0v) is 16.6. The molecule has 1 aliphatic heterocycles. The molecule has 1 aliphatic rings. The van der Waals surface area contributed by atoms with Gasteiger partial charge in [0, 0.05) is 33.2 Å². The molecule has 0 N–H and O–H groups in total. The van der Waals surface area contributed by atoms with E-state index in [4.69, 9.17) is 16.1 Å². The summed E-state index contributed by atoms with van der Waals surface area (Å²) in [5.41, 5.74) is 1.24. The molecule has 1 amide bonds. The maximum atomic E-state index is 12.8. The number of rotatable bonds is 3. The van der Waals surface area contributed by atoms with Crippen LogP contribution in [0.3, 0.4) is 0 Å². The molecule has 26 heavy (non-hydrogen) atoms. The number of hydrogen-bond acceptors (Lipinski definition) is 6. The SMILES string of the molecule is Cc1nn(C)c(Cl)c1C(=O)N1CCN(S(=O)(=O)c2c(C)noc2C)CC1. The number of hydrogen-bond donors (Lipinski definition) is 0. The molecular weight excluding hydrogens is 382 g/mol. The van der Waals surface area contributed by atoms with E-state index < -0.39 is 10.0 Å². The molecule has 0 radical (unpaired) electrons. The molecule has 1 saturated heterocycles. The highest BCUT2D eigenvalue weighted by molar-refractivity contribution is 7.89. The van der Waals surface area contributed by atoms with Gasteiger partial charge in [-0.25, -0.2) is 8.42 Å². The predicted molar refractivity (Wildman–Crippen MR) is 93.6 cm³/mol. The van der Waals surface area contributed by atoms with Crippen LogP contribution in [0.5, 0.6) is 0 Å². The van der Waals surface area contributed by atoms with Crippen molar-refractivity contribution in [3.63, 3.8) is 0 Å². The van der Waals surface area contributed by atoms with Crippen LogP contribution >= 0.6 is 11.6 Å². The second-order valence-corrected chi connectivity index (χ2v) is 8.46. The molecule has 0 aliphatic carbocycles. The van der Waals surface area contributed by atoms with Crippen LogP contribution < -0.4 is 0 Å². The van der Waals surface area contributed by atoms with E-state index in [-0.39, 0.29) is 47.9 Å². The first-order valence-electron chi connectivity index (χ1n) is 8.06. The fourth-order valence-corrected chi connectivity index (χ4v) is 5.10. The van der Waals surface area contributed by atoms with Crippen molar-refractivity contribution in [2.24, 2.45) is 7.05 Å². The summed E-state index contributed by atoms with van der Waals surface area (Å²) in [7, 11) is -2.04. The van der Waals surface area contributed by atoms with E-state index in [1.54, 1.807) is 32.7 Å². The molecule has 3 heterocycles. The number of aromatic nitrogens is 3. The Balaban J connectivity index is 1.76. The number of amides is 1. The number of halogens is 1. The number of sulfonamides is 1. The summed E-state index contributed by atoms with van der Waals surface area (Å²) >= 11 is 6.16. The molecule has 11 heteroatoms. The van der Waals surface area contributed by atoms with Crippen molar-refractivity contribution < 1.29 is 17.7 Å². The van der Waals surface area contributed by atoms with E-state index >= 15 is 0 Å². The number of nitrogens with zero attached hydrogens (tertiary/aromatic N) is 5. The lowest BCUT2D eigenvalue weighted by Crippen LogP contribution is -2.50. The van der Waals surface area contributed by atoms with Crippen LogP contribution in [0.1, 0.15) is 27.5 Å². The Labute approximate surface area is 156 Å².